The monoisotopic (exact) mass is 316 g/mol. The number of carbonyl (C=O) groups excluding carboxylic acids is 1. The molecule has 0 radical (unpaired) electrons. The van der Waals surface area contributed by atoms with Crippen LogP contribution in [0.3, 0.4) is 0 Å². The molecule has 1 amide bonds. The lowest BCUT2D eigenvalue weighted by atomic mass is 9.92. The summed E-state index contributed by atoms with van der Waals surface area (Å²) in [5.41, 5.74) is 5.93. The van der Waals surface area contributed by atoms with Crippen molar-refractivity contribution in [1.29, 1.82) is 0 Å². The second-order valence-electron chi connectivity index (χ2n) is 5.33. The minimum atomic E-state index is -0.544. The lowest BCUT2D eigenvalue weighted by Crippen LogP contribution is -2.45. The van der Waals surface area contributed by atoms with Gasteiger partial charge in [0.25, 0.3) is 5.91 Å². The van der Waals surface area contributed by atoms with Gasteiger partial charge in [0.2, 0.25) is 0 Å². The summed E-state index contributed by atoms with van der Waals surface area (Å²) in [6, 6.07) is 4.45. The van der Waals surface area contributed by atoms with Gasteiger partial charge in [0.15, 0.2) is 0 Å². The summed E-state index contributed by atoms with van der Waals surface area (Å²) in [7, 11) is 1.44. The number of carbonyl (C=O) groups is 1. The third-order valence-electron chi connectivity index (χ3n) is 3.90. The normalized spacial score (nSPS) is 19.6. The van der Waals surface area contributed by atoms with Crippen molar-refractivity contribution in [3.05, 3.63) is 29.6 Å². The Morgan fingerprint density at radius 1 is 1.52 bits per heavy atom. The van der Waals surface area contributed by atoms with E-state index in [0.717, 1.165) is 12.8 Å². The van der Waals surface area contributed by atoms with E-state index in [0.29, 0.717) is 13.1 Å². The highest BCUT2D eigenvalue weighted by atomic mass is 35.5. The van der Waals surface area contributed by atoms with Gasteiger partial charge in [-0.3, -0.25) is 4.79 Å². The SMILES string of the molecule is COc1cccc(F)c1C(=O)N1CCCC(C(C)N)C1.Cl. The Balaban J connectivity index is 0.00000220. The number of methoxy groups -OCH3 is 1. The van der Waals surface area contributed by atoms with Gasteiger partial charge in [-0.25, -0.2) is 4.39 Å². The zero-order valence-corrected chi connectivity index (χ0v) is 13.2. The Morgan fingerprint density at radius 2 is 2.24 bits per heavy atom. The van der Waals surface area contributed by atoms with Crippen molar-refractivity contribution in [2.75, 3.05) is 20.2 Å². The Morgan fingerprint density at radius 3 is 2.86 bits per heavy atom. The van der Waals surface area contributed by atoms with E-state index in [2.05, 4.69) is 0 Å². The molecule has 1 aliphatic heterocycles. The second-order valence-corrected chi connectivity index (χ2v) is 5.33. The predicted octanol–water partition coefficient (Wildman–Crippen LogP) is 2.46. The van der Waals surface area contributed by atoms with Crippen LogP contribution in [-0.4, -0.2) is 37.0 Å². The summed E-state index contributed by atoms with van der Waals surface area (Å²) in [6.45, 7) is 3.16. The molecular formula is C15H22ClFN2O2. The van der Waals surface area contributed by atoms with Crippen LogP contribution in [0.1, 0.15) is 30.1 Å². The molecule has 4 nitrogen and oxygen atoms in total. The molecule has 0 saturated carbocycles. The van der Waals surface area contributed by atoms with Gasteiger partial charge in [0, 0.05) is 19.1 Å². The molecule has 0 spiro atoms. The molecule has 0 aliphatic carbocycles. The van der Waals surface area contributed by atoms with Gasteiger partial charge in [-0.2, -0.15) is 0 Å². The number of hydrogen-bond donors (Lipinski definition) is 1. The van der Waals surface area contributed by atoms with Crippen molar-refractivity contribution in [3.8, 4) is 5.75 Å². The summed E-state index contributed by atoms with van der Waals surface area (Å²) >= 11 is 0. The van der Waals surface area contributed by atoms with E-state index in [9.17, 15) is 9.18 Å². The molecule has 118 valence electrons. The molecule has 1 aliphatic rings. The van der Waals surface area contributed by atoms with Gasteiger partial charge in [-0.05, 0) is 37.8 Å². The molecule has 1 heterocycles. The van der Waals surface area contributed by atoms with Crippen LogP contribution < -0.4 is 10.5 Å². The average Bonchev–Trinajstić information content (AvgIpc) is 2.46. The maximum absolute atomic E-state index is 13.9. The number of ether oxygens (including phenoxy) is 1. The molecule has 21 heavy (non-hydrogen) atoms. The smallest absolute Gasteiger partial charge is 0.260 e. The van der Waals surface area contributed by atoms with Crippen molar-refractivity contribution in [2.45, 2.75) is 25.8 Å². The third-order valence-corrected chi connectivity index (χ3v) is 3.90. The second kappa shape index (κ2) is 7.61. The molecule has 2 unspecified atom stereocenters. The van der Waals surface area contributed by atoms with Crippen LogP contribution in [0.25, 0.3) is 0 Å². The van der Waals surface area contributed by atoms with Crippen LogP contribution in [-0.2, 0) is 0 Å². The first kappa shape index (κ1) is 17.7. The molecule has 0 bridgehead atoms. The quantitative estimate of drug-likeness (QED) is 0.932. The third kappa shape index (κ3) is 3.86. The number of hydrogen-bond acceptors (Lipinski definition) is 3. The summed E-state index contributed by atoms with van der Waals surface area (Å²) in [4.78, 5) is 14.2. The van der Waals surface area contributed by atoms with Gasteiger partial charge in [-0.1, -0.05) is 6.07 Å². The van der Waals surface area contributed by atoms with Crippen LogP contribution in [0.4, 0.5) is 4.39 Å². The van der Waals surface area contributed by atoms with Crippen molar-refractivity contribution < 1.29 is 13.9 Å². The summed E-state index contributed by atoms with van der Waals surface area (Å²) in [5.74, 6) is -0.314. The summed E-state index contributed by atoms with van der Waals surface area (Å²) in [6.07, 6.45) is 1.91. The minimum absolute atomic E-state index is 0. The summed E-state index contributed by atoms with van der Waals surface area (Å²) in [5, 5.41) is 0. The first-order valence-corrected chi connectivity index (χ1v) is 6.92. The van der Waals surface area contributed by atoms with Crippen LogP contribution in [0, 0.1) is 11.7 Å². The van der Waals surface area contributed by atoms with E-state index in [4.69, 9.17) is 10.5 Å². The largest absolute Gasteiger partial charge is 0.496 e. The molecule has 2 rings (SSSR count). The van der Waals surface area contributed by atoms with Crippen molar-refractivity contribution in [1.82, 2.24) is 4.90 Å². The standard InChI is InChI=1S/C15H21FN2O2.ClH/c1-10(17)11-5-4-8-18(9-11)15(19)14-12(16)6-3-7-13(14)20-2;/h3,6-7,10-11H,4-5,8-9,17H2,1-2H3;1H. The first-order chi connectivity index (χ1) is 9.54. The maximum atomic E-state index is 13.9. The fourth-order valence-corrected chi connectivity index (χ4v) is 2.66. The van der Waals surface area contributed by atoms with E-state index in [-0.39, 0.29) is 41.6 Å². The molecule has 6 heteroatoms. The fourth-order valence-electron chi connectivity index (χ4n) is 2.66. The van der Waals surface area contributed by atoms with Crippen molar-refractivity contribution in [2.24, 2.45) is 11.7 Å². The number of likely N-dealkylation sites (tertiary alicyclic amines) is 1. The molecule has 2 N–H and O–H groups in total. The molecule has 1 aromatic rings. The molecule has 2 atom stereocenters. The number of rotatable bonds is 3. The van der Waals surface area contributed by atoms with Crippen molar-refractivity contribution >= 4 is 18.3 Å². The molecular weight excluding hydrogens is 295 g/mol. The minimum Gasteiger partial charge on any atom is -0.496 e. The number of nitrogens with two attached hydrogens (primary N) is 1. The number of benzene rings is 1. The number of piperidine rings is 1. The lowest BCUT2D eigenvalue weighted by Gasteiger charge is -2.34. The predicted molar refractivity (Wildman–Crippen MR) is 82.5 cm³/mol. The Bertz CT molecular complexity index is 497. The van der Waals surface area contributed by atoms with E-state index in [1.165, 1.54) is 19.2 Å². The Kier molecular flexibility index (Phi) is 6.42. The summed E-state index contributed by atoms with van der Waals surface area (Å²) < 4.78 is 19.0. The van der Waals surface area contributed by atoms with Crippen LogP contribution in [0.5, 0.6) is 5.75 Å². The van der Waals surface area contributed by atoms with Crippen LogP contribution in [0.2, 0.25) is 0 Å². The Labute approximate surface area is 130 Å². The molecule has 1 saturated heterocycles. The highest BCUT2D eigenvalue weighted by molar-refractivity contribution is 5.97. The lowest BCUT2D eigenvalue weighted by molar-refractivity contribution is 0.0652. The van der Waals surface area contributed by atoms with Crippen LogP contribution >= 0.6 is 12.4 Å². The highest BCUT2D eigenvalue weighted by Gasteiger charge is 2.29. The highest BCUT2D eigenvalue weighted by Crippen LogP contribution is 2.26. The van der Waals surface area contributed by atoms with Crippen molar-refractivity contribution in [3.63, 3.8) is 0 Å². The number of amides is 1. The van der Waals surface area contributed by atoms with E-state index >= 15 is 0 Å². The molecule has 0 aromatic heterocycles. The van der Waals surface area contributed by atoms with Gasteiger partial charge in [0.05, 0.1) is 7.11 Å². The first-order valence-electron chi connectivity index (χ1n) is 6.92. The number of halogens is 2. The topological polar surface area (TPSA) is 55.6 Å². The maximum Gasteiger partial charge on any atom is 0.260 e. The fraction of sp³-hybridized carbons (Fsp3) is 0.533. The molecule has 1 aromatic carbocycles. The van der Waals surface area contributed by atoms with Gasteiger partial charge < -0.3 is 15.4 Å². The van der Waals surface area contributed by atoms with Gasteiger partial charge in [-0.15, -0.1) is 12.4 Å². The van der Waals surface area contributed by atoms with Crippen LogP contribution in [0.15, 0.2) is 18.2 Å². The van der Waals surface area contributed by atoms with E-state index in [1.807, 2.05) is 6.92 Å². The van der Waals surface area contributed by atoms with E-state index < -0.39 is 5.82 Å². The zero-order chi connectivity index (χ0) is 14.7. The van der Waals surface area contributed by atoms with Gasteiger partial charge in [0.1, 0.15) is 17.1 Å². The molecule has 1 fully saturated rings. The zero-order valence-electron chi connectivity index (χ0n) is 12.3. The van der Waals surface area contributed by atoms with Gasteiger partial charge >= 0.3 is 0 Å². The number of nitrogens with zero attached hydrogens (tertiary/aromatic N) is 1. The average molecular weight is 317 g/mol. The Hall–Kier alpha value is -1.33. The van der Waals surface area contributed by atoms with E-state index in [1.54, 1.807) is 11.0 Å².